The van der Waals surface area contributed by atoms with Gasteiger partial charge in [0.1, 0.15) is 5.82 Å². The van der Waals surface area contributed by atoms with Crippen LogP contribution in [0.3, 0.4) is 0 Å². The van der Waals surface area contributed by atoms with Crippen LogP contribution in [-0.4, -0.2) is 47.8 Å². The van der Waals surface area contributed by atoms with Gasteiger partial charge in [-0.05, 0) is 37.0 Å². The van der Waals surface area contributed by atoms with Gasteiger partial charge in [-0.3, -0.25) is 9.59 Å². The van der Waals surface area contributed by atoms with E-state index in [1.807, 2.05) is 4.90 Å². The zero-order valence-corrected chi connectivity index (χ0v) is 16.0. The molecule has 1 aliphatic rings. The molecular weight excluding hydrogens is 331 g/mol. The van der Waals surface area contributed by atoms with Crippen molar-refractivity contribution in [2.24, 2.45) is 5.92 Å². The number of hydrogen-bond acceptors (Lipinski definition) is 2. The van der Waals surface area contributed by atoms with Gasteiger partial charge in [0.2, 0.25) is 11.8 Å². The summed E-state index contributed by atoms with van der Waals surface area (Å²) in [6, 6.07) is 6.37. The highest BCUT2D eigenvalue weighted by Gasteiger charge is 2.35. The molecule has 1 fully saturated rings. The molecule has 2 amide bonds. The summed E-state index contributed by atoms with van der Waals surface area (Å²) in [6.45, 7) is 6.91. The SMILES string of the molecule is CCCCN(CCCC)C(=O)[C@@H]1CC(=O)N(CCc2ccc(F)cc2)C1. The lowest BCUT2D eigenvalue weighted by atomic mass is 10.1. The first-order valence-electron chi connectivity index (χ1n) is 9.86. The van der Waals surface area contributed by atoms with Crippen molar-refractivity contribution in [3.05, 3.63) is 35.6 Å². The minimum absolute atomic E-state index is 0.0522. The number of carbonyl (C=O) groups is 2. The van der Waals surface area contributed by atoms with Crippen LogP contribution in [0.2, 0.25) is 0 Å². The standard InChI is InChI=1S/C21H31FN2O2/c1-3-5-12-23(13-6-4-2)21(26)18-15-20(25)24(16-18)14-11-17-7-9-19(22)10-8-17/h7-10,18H,3-6,11-16H2,1-2H3/t18-/m1/s1. The van der Waals surface area contributed by atoms with E-state index >= 15 is 0 Å². The van der Waals surface area contributed by atoms with Crippen LogP contribution < -0.4 is 0 Å². The smallest absolute Gasteiger partial charge is 0.227 e. The average molecular weight is 362 g/mol. The molecule has 0 saturated carbocycles. The Balaban J connectivity index is 1.89. The zero-order valence-electron chi connectivity index (χ0n) is 16.0. The number of benzene rings is 1. The molecule has 1 aliphatic heterocycles. The molecule has 1 saturated heterocycles. The summed E-state index contributed by atoms with van der Waals surface area (Å²) in [5.74, 6) is -0.290. The molecule has 1 aromatic carbocycles. The maximum Gasteiger partial charge on any atom is 0.227 e. The van der Waals surface area contributed by atoms with E-state index in [1.54, 1.807) is 17.0 Å². The molecule has 4 nitrogen and oxygen atoms in total. The van der Waals surface area contributed by atoms with Crippen molar-refractivity contribution in [2.75, 3.05) is 26.2 Å². The Morgan fingerprint density at radius 2 is 1.77 bits per heavy atom. The Morgan fingerprint density at radius 1 is 1.15 bits per heavy atom. The maximum atomic E-state index is 13.0. The number of hydrogen-bond donors (Lipinski definition) is 0. The van der Waals surface area contributed by atoms with E-state index in [0.29, 0.717) is 25.9 Å². The van der Waals surface area contributed by atoms with Gasteiger partial charge >= 0.3 is 0 Å². The first-order valence-corrected chi connectivity index (χ1v) is 9.86. The van der Waals surface area contributed by atoms with E-state index in [2.05, 4.69) is 13.8 Å². The third kappa shape index (κ3) is 5.82. The summed E-state index contributed by atoms with van der Waals surface area (Å²) >= 11 is 0. The lowest BCUT2D eigenvalue weighted by Crippen LogP contribution is -2.39. The van der Waals surface area contributed by atoms with Crippen LogP contribution in [-0.2, 0) is 16.0 Å². The van der Waals surface area contributed by atoms with Crippen molar-refractivity contribution in [3.8, 4) is 0 Å². The molecule has 1 atom stereocenters. The zero-order chi connectivity index (χ0) is 18.9. The number of carbonyl (C=O) groups excluding carboxylic acids is 2. The lowest BCUT2D eigenvalue weighted by Gasteiger charge is -2.25. The molecule has 5 heteroatoms. The van der Waals surface area contributed by atoms with Crippen LogP contribution in [0.5, 0.6) is 0 Å². The number of nitrogens with zero attached hydrogens (tertiary/aromatic N) is 2. The fraction of sp³-hybridized carbons (Fsp3) is 0.619. The molecule has 1 heterocycles. The predicted octanol–water partition coefficient (Wildman–Crippen LogP) is 3.65. The second kappa shape index (κ2) is 10.3. The van der Waals surface area contributed by atoms with Crippen molar-refractivity contribution < 1.29 is 14.0 Å². The Hall–Kier alpha value is -1.91. The first-order chi connectivity index (χ1) is 12.5. The molecule has 144 valence electrons. The number of unbranched alkanes of at least 4 members (excludes halogenated alkanes) is 2. The van der Waals surface area contributed by atoms with Crippen LogP contribution >= 0.6 is 0 Å². The van der Waals surface area contributed by atoms with E-state index in [9.17, 15) is 14.0 Å². The monoisotopic (exact) mass is 362 g/mol. The molecule has 0 unspecified atom stereocenters. The summed E-state index contributed by atoms with van der Waals surface area (Å²) in [6.07, 6.45) is 5.13. The molecule has 0 aromatic heterocycles. The van der Waals surface area contributed by atoms with Crippen LogP contribution in [0.25, 0.3) is 0 Å². The third-order valence-electron chi connectivity index (χ3n) is 5.02. The van der Waals surface area contributed by atoms with Gasteiger partial charge in [0.05, 0.1) is 5.92 Å². The summed E-state index contributed by atoms with van der Waals surface area (Å²) in [5.41, 5.74) is 1.00. The van der Waals surface area contributed by atoms with Crippen molar-refractivity contribution in [2.45, 2.75) is 52.4 Å². The van der Waals surface area contributed by atoms with Crippen molar-refractivity contribution >= 4 is 11.8 Å². The lowest BCUT2D eigenvalue weighted by molar-refractivity contribution is -0.136. The largest absolute Gasteiger partial charge is 0.342 e. The summed E-state index contributed by atoms with van der Waals surface area (Å²) in [7, 11) is 0. The molecule has 2 rings (SSSR count). The highest BCUT2D eigenvalue weighted by Crippen LogP contribution is 2.21. The second-order valence-electron chi connectivity index (χ2n) is 7.15. The summed E-state index contributed by atoms with van der Waals surface area (Å²) in [4.78, 5) is 28.9. The third-order valence-corrected chi connectivity index (χ3v) is 5.02. The quantitative estimate of drug-likeness (QED) is 0.637. The van der Waals surface area contributed by atoms with Crippen LogP contribution in [0, 0.1) is 11.7 Å². The normalized spacial score (nSPS) is 17.0. The van der Waals surface area contributed by atoms with Crippen LogP contribution in [0.15, 0.2) is 24.3 Å². The number of amides is 2. The van der Waals surface area contributed by atoms with Gasteiger partial charge in [0, 0.05) is 32.6 Å². The number of rotatable bonds is 10. The van der Waals surface area contributed by atoms with Gasteiger partial charge in [-0.15, -0.1) is 0 Å². The highest BCUT2D eigenvalue weighted by molar-refractivity contribution is 5.89. The second-order valence-corrected chi connectivity index (χ2v) is 7.15. The highest BCUT2D eigenvalue weighted by atomic mass is 19.1. The average Bonchev–Trinajstić information content (AvgIpc) is 3.02. The van der Waals surface area contributed by atoms with Gasteiger partial charge in [0.25, 0.3) is 0 Å². The molecule has 1 aromatic rings. The Labute approximate surface area is 156 Å². The molecule has 0 spiro atoms. The molecule has 26 heavy (non-hydrogen) atoms. The fourth-order valence-corrected chi connectivity index (χ4v) is 3.36. The fourth-order valence-electron chi connectivity index (χ4n) is 3.36. The van der Waals surface area contributed by atoms with Gasteiger partial charge in [-0.2, -0.15) is 0 Å². The summed E-state index contributed by atoms with van der Waals surface area (Å²) in [5, 5.41) is 0. The number of likely N-dealkylation sites (tertiary alicyclic amines) is 1. The van der Waals surface area contributed by atoms with Crippen molar-refractivity contribution in [1.29, 1.82) is 0 Å². The van der Waals surface area contributed by atoms with E-state index < -0.39 is 0 Å². The first kappa shape index (κ1) is 20.4. The van der Waals surface area contributed by atoms with Gasteiger partial charge in [-0.1, -0.05) is 38.8 Å². The van der Waals surface area contributed by atoms with Gasteiger partial charge in [0.15, 0.2) is 0 Å². The topological polar surface area (TPSA) is 40.6 Å². The molecule has 0 aliphatic carbocycles. The number of halogens is 1. The summed E-state index contributed by atoms with van der Waals surface area (Å²) < 4.78 is 13.0. The van der Waals surface area contributed by atoms with E-state index in [0.717, 1.165) is 44.3 Å². The van der Waals surface area contributed by atoms with Crippen LogP contribution in [0.4, 0.5) is 4.39 Å². The van der Waals surface area contributed by atoms with E-state index in [4.69, 9.17) is 0 Å². The van der Waals surface area contributed by atoms with Crippen molar-refractivity contribution in [3.63, 3.8) is 0 Å². The molecule has 0 radical (unpaired) electrons. The van der Waals surface area contributed by atoms with Crippen molar-refractivity contribution in [1.82, 2.24) is 9.80 Å². The Kier molecular flexibility index (Phi) is 8.07. The van der Waals surface area contributed by atoms with Gasteiger partial charge < -0.3 is 9.80 Å². The maximum absolute atomic E-state index is 13.0. The van der Waals surface area contributed by atoms with E-state index in [-0.39, 0.29) is 23.5 Å². The van der Waals surface area contributed by atoms with E-state index in [1.165, 1.54) is 12.1 Å². The molecular formula is C21H31FN2O2. The molecule has 0 N–H and O–H groups in total. The Bertz CT molecular complexity index is 580. The minimum atomic E-state index is -0.254. The van der Waals surface area contributed by atoms with Crippen LogP contribution in [0.1, 0.15) is 51.5 Å². The molecule has 0 bridgehead atoms. The minimum Gasteiger partial charge on any atom is -0.342 e. The predicted molar refractivity (Wildman–Crippen MR) is 101 cm³/mol. The Morgan fingerprint density at radius 3 is 2.35 bits per heavy atom. The van der Waals surface area contributed by atoms with Gasteiger partial charge in [-0.25, -0.2) is 4.39 Å².